The minimum absolute atomic E-state index is 0.191. The van der Waals surface area contributed by atoms with Gasteiger partial charge in [0.2, 0.25) is 0 Å². The molecule has 1 aliphatic heterocycles. The third kappa shape index (κ3) is 3.08. The number of carbonyl (C=O) groups is 1. The van der Waals surface area contributed by atoms with E-state index in [-0.39, 0.29) is 5.41 Å². The Balaban J connectivity index is 1.58. The molecule has 0 spiro atoms. The molecule has 2 saturated carbocycles. The van der Waals surface area contributed by atoms with Gasteiger partial charge in [0.05, 0.1) is 12.0 Å². The van der Waals surface area contributed by atoms with E-state index in [0.717, 1.165) is 37.7 Å². The van der Waals surface area contributed by atoms with E-state index in [4.69, 9.17) is 4.74 Å². The fourth-order valence-electron chi connectivity index (χ4n) is 2.86. The second-order valence-electron chi connectivity index (χ2n) is 6.36. The first-order chi connectivity index (χ1) is 8.30. The summed E-state index contributed by atoms with van der Waals surface area (Å²) >= 11 is 0. The summed E-state index contributed by atoms with van der Waals surface area (Å²) in [7, 11) is 0. The van der Waals surface area contributed by atoms with Crippen molar-refractivity contribution < 1.29 is 9.53 Å². The molecule has 0 aromatic carbocycles. The van der Waals surface area contributed by atoms with Crippen molar-refractivity contribution in [3.63, 3.8) is 0 Å². The summed E-state index contributed by atoms with van der Waals surface area (Å²) in [5.74, 6) is 1.83. The standard InChI is InChI=1S/C14H23NO2/c16-10-14(5-6-17-11-14)9-15(7-12-1-2-12)8-13-3-4-13/h10,12-13H,1-9,11H2. The third-order valence-electron chi connectivity index (χ3n) is 4.35. The Morgan fingerprint density at radius 3 is 2.24 bits per heavy atom. The molecular formula is C14H23NO2. The molecule has 3 nitrogen and oxygen atoms in total. The monoisotopic (exact) mass is 237 g/mol. The number of nitrogens with zero attached hydrogens (tertiary/aromatic N) is 1. The van der Waals surface area contributed by atoms with Crippen molar-refractivity contribution in [2.45, 2.75) is 32.1 Å². The summed E-state index contributed by atoms with van der Waals surface area (Å²) in [5.41, 5.74) is -0.191. The van der Waals surface area contributed by atoms with Crippen LogP contribution in [0.1, 0.15) is 32.1 Å². The van der Waals surface area contributed by atoms with Crippen molar-refractivity contribution in [1.29, 1.82) is 0 Å². The molecule has 17 heavy (non-hydrogen) atoms. The van der Waals surface area contributed by atoms with Gasteiger partial charge < -0.3 is 14.4 Å². The molecule has 2 aliphatic carbocycles. The van der Waals surface area contributed by atoms with Gasteiger partial charge in [-0.05, 0) is 43.9 Å². The number of hydrogen-bond acceptors (Lipinski definition) is 3. The Hall–Kier alpha value is -0.410. The van der Waals surface area contributed by atoms with Crippen LogP contribution < -0.4 is 0 Å². The molecule has 96 valence electrons. The van der Waals surface area contributed by atoms with Gasteiger partial charge in [-0.2, -0.15) is 0 Å². The predicted octanol–water partition coefficient (Wildman–Crippen LogP) is 1.71. The largest absolute Gasteiger partial charge is 0.380 e. The molecule has 3 rings (SSSR count). The van der Waals surface area contributed by atoms with Gasteiger partial charge in [-0.3, -0.25) is 0 Å². The van der Waals surface area contributed by atoms with Gasteiger partial charge in [0.1, 0.15) is 6.29 Å². The van der Waals surface area contributed by atoms with Gasteiger partial charge in [-0.15, -0.1) is 0 Å². The van der Waals surface area contributed by atoms with Crippen LogP contribution in [0.2, 0.25) is 0 Å². The van der Waals surface area contributed by atoms with E-state index in [2.05, 4.69) is 4.90 Å². The lowest BCUT2D eigenvalue weighted by molar-refractivity contribution is -0.117. The predicted molar refractivity (Wildman–Crippen MR) is 65.8 cm³/mol. The number of rotatable bonds is 7. The minimum atomic E-state index is -0.191. The van der Waals surface area contributed by atoms with Gasteiger partial charge in [0.15, 0.2) is 0 Å². The first kappa shape index (κ1) is 11.7. The Bertz CT molecular complexity index is 264. The molecule has 3 heteroatoms. The highest BCUT2D eigenvalue weighted by Crippen LogP contribution is 2.36. The summed E-state index contributed by atoms with van der Waals surface area (Å²) in [6, 6.07) is 0. The molecule has 3 fully saturated rings. The van der Waals surface area contributed by atoms with E-state index in [1.165, 1.54) is 38.8 Å². The summed E-state index contributed by atoms with van der Waals surface area (Å²) in [4.78, 5) is 13.9. The maximum atomic E-state index is 11.4. The second kappa shape index (κ2) is 4.69. The van der Waals surface area contributed by atoms with Crippen molar-refractivity contribution in [3.8, 4) is 0 Å². The zero-order valence-electron chi connectivity index (χ0n) is 10.6. The van der Waals surface area contributed by atoms with Crippen LogP contribution in [0.4, 0.5) is 0 Å². The highest BCUT2D eigenvalue weighted by molar-refractivity contribution is 5.60. The summed E-state index contributed by atoms with van der Waals surface area (Å²) in [6.45, 7) is 4.77. The molecule has 1 unspecified atom stereocenters. The third-order valence-corrected chi connectivity index (χ3v) is 4.35. The van der Waals surface area contributed by atoms with Crippen LogP contribution in [-0.4, -0.2) is 44.0 Å². The van der Waals surface area contributed by atoms with Crippen LogP contribution in [-0.2, 0) is 9.53 Å². The van der Waals surface area contributed by atoms with Crippen LogP contribution >= 0.6 is 0 Å². The second-order valence-corrected chi connectivity index (χ2v) is 6.36. The normalized spacial score (nSPS) is 33.2. The molecule has 0 aromatic rings. The molecular weight excluding hydrogens is 214 g/mol. The molecule has 0 aromatic heterocycles. The smallest absolute Gasteiger partial charge is 0.129 e. The van der Waals surface area contributed by atoms with E-state index < -0.39 is 0 Å². The molecule has 1 atom stereocenters. The van der Waals surface area contributed by atoms with Crippen molar-refractivity contribution >= 4 is 6.29 Å². The van der Waals surface area contributed by atoms with Crippen LogP contribution in [0.5, 0.6) is 0 Å². The Labute approximate surface area is 104 Å². The first-order valence-corrected chi connectivity index (χ1v) is 7.06. The quantitative estimate of drug-likeness (QED) is 0.631. The Kier molecular flexibility index (Phi) is 3.22. The SMILES string of the molecule is O=CC1(CN(CC2CC2)CC2CC2)CCOC1. The number of hydrogen-bond donors (Lipinski definition) is 0. The zero-order chi connectivity index (χ0) is 11.7. The lowest BCUT2D eigenvalue weighted by Crippen LogP contribution is -2.41. The highest BCUT2D eigenvalue weighted by Gasteiger charge is 2.39. The molecule has 3 aliphatic rings. The average molecular weight is 237 g/mol. The van der Waals surface area contributed by atoms with Gasteiger partial charge in [0, 0.05) is 26.2 Å². The van der Waals surface area contributed by atoms with E-state index in [0.29, 0.717) is 6.61 Å². The zero-order valence-corrected chi connectivity index (χ0v) is 10.6. The van der Waals surface area contributed by atoms with Gasteiger partial charge in [-0.25, -0.2) is 0 Å². The van der Waals surface area contributed by atoms with Crippen molar-refractivity contribution in [2.24, 2.45) is 17.3 Å². The number of ether oxygens (including phenoxy) is 1. The van der Waals surface area contributed by atoms with E-state index in [1.807, 2.05) is 0 Å². The molecule has 0 bridgehead atoms. The number of aldehydes is 1. The van der Waals surface area contributed by atoms with Gasteiger partial charge in [0.25, 0.3) is 0 Å². The molecule has 0 N–H and O–H groups in total. The lowest BCUT2D eigenvalue weighted by Gasteiger charge is -2.30. The van der Waals surface area contributed by atoms with Crippen LogP contribution in [0.15, 0.2) is 0 Å². The van der Waals surface area contributed by atoms with E-state index >= 15 is 0 Å². The minimum Gasteiger partial charge on any atom is -0.380 e. The topological polar surface area (TPSA) is 29.5 Å². The van der Waals surface area contributed by atoms with Crippen molar-refractivity contribution in [1.82, 2.24) is 4.90 Å². The van der Waals surface area contributed by atoms with E-state index in [1.54, 1.807) is 0 Å². The fourth-order valence-corrected chi connectivity index (χ4v) is 2.86. The first-order valence-electron chi connectivity index (χ1n) is 7.06. The van der Waals surface area contributed by atoms with Crippen LogP contribution in [0.25, 0.3) is 0 Å². The average Bonchev–Trinajstić information content (AvgIpc) is 3.23. The Morgan fingerprint density at radius 2 is 1.82 bits per heavy atom. The molecule has 0 amide bonds. The Morgan fingerprint density at radius 1 is 1.18 bits per heavy atom. The molecule has 1 saturated heterocycles. The maximum absolute atomic E-state index is 11.4. The summed E-state index contributed by atoms with van der Waals surface area (Å²) < 4.78 is 5.44. The van der Waals surface area contributed by atoms with Crippen molar-refractivity contribution in [3.05, 3.63) is 0 Å². The van der Waals surface area contributed by atoms with Crippen LogP contribution in [0, 0.1) is 17.3 Å². The molecule has 1 heterocycles. The van der Waals surface area contributed by atoms with Crippen molar-refractivity contribution in [2.75, 3.05) is 32.8 Å². The van der Waals surface area contributed by atoms with Gasteiger partial charge in [-0.1, -0.05) is 0 Å². The fraction of sp³-hybridized carbons (Fsp3) is 0.929. The molecule has 0 radical (unpaired) electrons. The summed E-state index contributed by atoms with van der Waals surface area (Å²) in [5, 5.41) is 0. The summed E-state index contributed by atoms with van der Waals surface area (Å²) in [6.07, 6.45) is 7.66. The highest BCUT2D eigenvalue weighted by atomic mass is 16.5. The van der Waals surface area contributed by atoms with E-state index in [9.17, 15) is 4.79 Å². The maximum Gasteiger partial charge on any atom is 0.129 e. The van der Waals surface area contributed by atoms with Gasteiger partial charge >= 0.3 is 0 Å². The van der Waals surface area contributed by atoms with Crippen LogP contribution in [0.3, 0.4) is 0 Å². The number of carbonyl (C=O) groups excluding carboxylic acids is 1. The lowest BCUT2D eigenvalue weighted by atomic mass is 9.88.